The highest BCUT2D eigenvalue weighted by atomic mass is 32.2. The van der Waals surface area contributed by atoms with E-state index >= 15 is 0 Å². The smallest absolute Gasteiger partial charge is 0.277 e. The zero-order chi connectivity index (χ0) is 17.4. The molecule has 0 bridgehead atoms. The number of aromatic nitrogens is 4. The van der Waals surface area contributed by atoms with Crippen molar-refractivity contribution < 1.29 is 17.4 Å². The molecule has 3 rings (SSSR count). The Bertz CT molecular complexity index is 807. The largest absolute Gasteiger partial charge is 0.416 e. The van der Waals surface area contributed by atoms with Crippen molar-refractivity contribution in [1.82, 2.24) is 20.3 Å². The zero-order valence-electron chi connectivity index (χ0n) is 13.9. The Labute approximate surface area is 144 Å². The molecular weight excluding hydrogens is 352 g/mol. The Hall–Kier alpha value is -1.42. The van der Waals surface area contributed by atoms with E-state index in [2.05, 4.69) is 20.3 Å². The van der Waals surface area contributed by atoms with Gasteiger partial charge in [-0.05, 0) is 12.3 Å². The molecule has 0 unspecified atom stereocenters. The molecule has 0 amide bonds. The fourth-order valence-corrected chi connectivity index (χ4v) is 4.89. The van der Waals surface area contributed by atoms with Crippen molar-refractivity contribution in [2.24, 2.45) is 5.92 Å². The van der Waals surface area contributed by atoms with Gasteiger partial charge in [0.1, 0.15) is 0 Å². The highest BCUT2D eigenvalue weighted by Gasteiger charge is 2.29. The minimum Gasteiger partial charge on any atom is -0.416 e. The third-order valence-corrected chi connectivity index (χ3v) is 6.32. The topological polar surface area (TPSA) is 112 Å². The summed E-state index contributed by atoms with van der Waals surface area (Å²) in [5, 5.41) is 12.3. The Morgan fingerprint density at radius 2 is 2.08 bits per heavy atom. The minimum atomic E-state index is -2.89. The molecule has 132 valence electrons. The van der Waals surface area contributed by atoms with Gasteiger partial charge in [-0.1, -0.05) is 37.7 Å². The molecule has 10 heteroatoms. The van der Waals surface area contributed by atoms with Gasteiger partial charge in [-0.2, -0.15) is 4.98 Å². The van der Waals surface area contributed by atoms with E-state index in [1.54, 1.807) is 0 Å². The maximum Gasteiger partial charge on any atom is 0.277 e. The lowest BCUT2D eigenvalue weighted by Crippen LogP contribution is -2.11. The molecule has 1 saturated heterocycles. The van der Waals surface area contributed by atoms with Crippen molar-refractivity contribution in [1.29, 1.82) is 0 Å². The van der Waals surface area contributed by atoms with Crippen LogP contribution in [0.2, 0.25) is 0 Å². The van der Waals surface area contributed by atoms with E-state index in [0.717, 1.165) is 0 Å². The van der Waals surface area contributed by atoms with Crippen molar-refractivity contribution in [2.75, 3.05) is 11.5 Å². The molecule has 0 N–H and O–H groups in total. The van der Waals surface area contributed by atoms with Crippen LogP contribution in [-0.4, -0.2) is 40.3 Å². The normalized spacial score (nSPS) is 20.5. The van der Waals surface area contributed by atoms with Gasteiger partial charge in [0, 0.05) is 11.8 Å². The third-order valence-electron chi connectivity index (χ3n) is 3.67. The van der Waals surface area contributed by atoms with Crippen LogP contribution in [0, 0.1) is 5.92 Å². The van der Waals surface area contributed by atoms with Gasteiger partial charge in [0.15, 0.2) is 15.7 Å². The van der Waals surface area contributed by atoms with E-state index in [1.807, 2.05) is 20.8 Å². The first-order valence-electron chi connectivity index (χ1n) is 7.70. The number of hydrogen-bond donors (Lipinski definition) is 0. The third kappa shape index (κ3) is 4.35. The average molecular weight is 372 g/mol. The van der Waals surface area contributed by atoms with Gasteiger partial charge < -0.3 is 8.94 Å². The van der Waals surface area contributed by atoms with Gasteiger partial charge in [0.05, 0.1) is 17.3 Å². The second kappa shape index (κ2) is 6.47. The van der Waals surface area contributed by atoms with Crippen LogP contribution in [0.1, 0.15) is 44.8 Å². The minimum absolute atomic E-state index is 0.0693. The molecule has 24 heavy (non-hydrogen) atoms. The summed E-state index contributed by atoms with van der Waals surface area (Å²) in [5.74, 6) is 2.64. The summed E-state index contributed by atoms with van der Waals surface area (Å²) in [7, 11) is -2.89. The summed E-state index contributed by atoms with van der Waals surface area (Å²) in [4.78, 5) is 4.35. The molecule has 0 saturated carbocycles. The van der Waals surface area contributed by atoms with Gasteiger partial charge >= 0.3 is 0 Å². The first-order valence-corrected chi connectivity index (χ1v) is 10.5. The summed E-state index contributed by atoms with van der Waals surface area (Å²) in [6.07, 6.45) is 1.16. The Morgan fingerprint density at radius 3 is 2.71 bits per heavy atom. The fourth-order valence-electron chi connectivity index (χ4n) is 2.40. The lowest BCUT2D eigenvalue weighted by atomic mass is 9.97. The van der Waals surface area contributed by atoms with Crippen LogP contribution in [-0.2, 0) is 27.4 Å². The van der Waals surface area contributed by atoms with Crippen LogP contribution in [0.15, 0.2) is 14.2 Å². The van der Waals surface area contributed by atoms with E-state index in [9.17, 15) is 8.42 Å². The number of hydrogen-bond acceptors (Lipinski definition) is 9. The van der Waals surface area contributed by atoms with E-state index in [1.165, 1.54) is 11.8 Å². The molecule has 1 aliphatic heterocycles. The summed E-state index contributed by atoms with van der Waals surface area (Å²) in [5.41, 5.74) is -0.185. The van der Waals surface area contributed by atoms with Crippen LogP contribution in [0.4, 0.5) is 0 Å². The predicted octanol–water partition coefficient (Wildman–Crippen LogP) is 2.02. The fraction of sp³-hybridized carbons (Fsp3) is 0.714. The average Bonchev–Trinajstić information content (AvgIpc) is 3.16. The second-order valence-corrected chi connectivity index (χ2v) is 10.1. The van der Waals surface area contributed by atoms with Crippen LogP contribution in [0.3, 0.4) is 0 Å². The zero-order valence-corrected chi connectivity index (χ0v) is 15.5. The highest BCUT2D eigenvalue weighted by molar-refractivity contribution is 7.98. The highest BCUT2D eigenvalue weighted by Crippen LogP contribution is 2.26. The molecular formula is C14H20N4O4S2. The molecule has 2 aromatic rings. The van der Waals surface area contributed by atoms with Crippen molar-refractivity contribution in [2.45, 2.75) is 50.0 Å². The Kier molecular flexibility index (Phi) is 4.69. The van der Waals surface area contributed by atoms with Gasteiger partial charge in [0.2, 0.25) is 11.8 Å². The van der Waals surface area contributed by atoms with E-state index in [0.29, 0.717) is 41.4 Å². The first-order chi connectivity index (χ1) is 11.2. The molecule has 8 nitrogen and oxygen atoms in total. The Balaban J connectivity index is 1.54. The van der Waals surface area contributed by atoms with E-state index < -0.39 is 9.84 Å². The molecule has 0 radical (unpaired) electrons. The van der Waals surface area contributed by atoms with Crippen LogP contribution >= 0.6 is 11.8 Å². The summed E-state index contributed by atoms with van der Waals surface area (Å²) in [6, 6.07) is 0. The predicted molar refractivity (Wildman–Crippen MR) is 87.3 cm³/mol. The molecule has 2 aromatic heterocycles. The van der Waals surface area contributed by atoms with Crippen LogP contribution < -0.4 is 0 Å². The summed E-state index contributed by atoms with van der Waals surface area (Å²) in [6.45, 7) is 6.01. The molecule has 3 heterocycles. The summed E-state index contributed by atoms with van der Waals surface area (Å²) < 4.78 is 33.8. The molecule has 1 aliphatic rings. The quantitative estimate of drug-likeness (QED) is 0.727. The van der Waals surface area contributed by atoms with Crippen molar-refractivity contribution in [3.63, 3.8) is 0 Å². The van der Waals surface area contributed by atoms with Crippen molar-refractivity contribution >= 4 is 21.6 Å². The number of sulfone groups is 1. The van der Waals surface area contributed by atoms with E-state index in [4.69, 9.17) is 8.94 Å². The maximum atomic E-state index is 11.5. The monoisotopic (exact) mass is 372 g/mol. The van der Waals surface area contributed by atoms with E-state index in [-0.39, 0.29) is 22.8 Å². The molecule has 0 aromatic carbocycles. The number of rotatable bonds is 5. The maximum absolute atomic E-state index is 11.5. The second-order valence-electron chi connectivity index (χ2n) is 6.99. The number of nitrogens with zero attached hydrogens (tertiary/aromatic N) is 4. The van der Waals surface area contributed by atoms with Crippen molar-refractivity contribution in [3.8, 4) is 0 Å². The first kappa shape index (κ1) is 17.4. The van der Waals surface area contributed by atoms with Gasteiger partial charge in [-0.15, -0.1) is 10.2 Å². The lowest BCUT2D eigenvalue weighted by molar-refractivity contribution is 0.319. The van der Waals surface area contributed by atoms with Gasteiger partial charge in [-0.25, -0.2) is 8.42 Å². The van der Waals surface area contributed by atoms with Crippen molar-refractivity contribution in [3.05, 3.63) is 17.6 Å². The van der Waals surface area contributed by atoms with Crippen LogP contribution in [0.25, 0.3) is 0 Å². The molecule has 1 fully saturated rings. The van der Waals surface area contributed by atoms with Gasteiger partial charge in [0.25, 0.3) is 5.22 Å². The molecule has 0 aliphatic carbocycles. The lowest BCUT2D eigenvalue weighted by Gasteiger charge is -2.10. The van der Waals surface area contributed by atoms with Gasteiger partial charge in [-0.3, -0.25) is 0 Å². The molecule has 0 spiro atoms. The Morgan fingerprint density at radius 1 is 1.29 bits per heavy atom. The number of thioether (sulfide) groups is 1. The SMILES string of the molecule is CC(C)(C)c1nc(CSc2nnc(C[C@H]3CCS(=O)(=O)C3)o2)no1. The molecule has 1 atom stereocenters. The standard InChI is InChI=1S/C14H20N4O4S2/c1-14(2,3)12-15-10(18-22-12)7-23-13-17-16-11(21-13)6-9-4-5-24(19,20)8-9/h9H,4-8H2,1-3H3/t9-/m1/s1. The summed E-state index contributed by atoms with van der Waals surface area (Å²) >= 11 is 1.33. The van der Waals surface area contributed by atoms with Crippen LogP contribution in [0.5, 0.6) is 0 Å².